The maximum atomic E-state index is 11.7. The molecule has 0 saturated heterocycles. The van der Waals surface area contributed by atoms with Gasteiger partial charge in [-0.15, -0.1) is 0 Å². The molecule has 1 N–H and O–H groups in total. The standard InChI is InChI=1S/C13H18O6/c1-3-16-8-18-12-6-10(5-11(14)7-12)13(15)19-9-17-4-2/h5-7,14H,3-4,8-9H2,1-2H3. The molecule has 0 aliphatic rings. The monoisotopic (exact) mass is 270 g/mol. The molecule has 0 aromatic heterocycles. The highest BCUT2D eigenvalue weighted by molar-refractivity contribution is 5.90. The number of hydrogen-bond acceptors (Lipinski definition) is 6. The second-order valence-corrected chi connectivity index (χ2v) is 3.51. The van der Waals surface area contributed by atoms with Gasteiger partial charge in [-0.05, 0) is 26.0 Å². The van der Waals surface area contributed by atoms with E-state index in [4.69, 9.17) is 18.9 Å². The first kappa shape index (κ1) is 15.3. The lowest BCUT2D eigenvalue weighted by Crippen LogP contribution is -2.09. The fourth-order valence-corrected chi connectivity index (χ4v) is 1.24. The van der Waals surface area contributed by atoms with Crippen LogP contribution in [0, 0.1) is 0 Å². The van der Waals surface area contributed by atoms with Gasteiger partial charge < -0.3 is 24.1 Å². The molecule has 0 saturated carbocycles. The summed E-state index contributed by atoms with van der Waals surface area (Å²) >= 11 is 0. The van der Waals surface area contributed by atoms with Gasteiger partial charge in [0.2, 0.25) is 0 Å². The van der Waals surface area contributed by atoms with E-state index < -0.39 is 5.97 Å². The van der Waals surface area contributed by atoms with Crippen LogP contribution in [0.1, 0.15) is 24.2 Å². The zero-order valence-corrected chi connectivity index (χ0v) is 11.0. The van der Waals surface area contributed by atoms with Crippen molar-refractivity contribution in [3.63, 3.8) is 0 Å². The number of hydrogen-bond donors (Lipinski definition) is 1. The molecule has 19 heavy (non-hydrogen) atoms. The largest absolute Gasteiger partial charge is 0.508 e. The van der Waals surface area contributed by atoms with Crippen molar-refractivity contribution < 1.29 is 28.8 Å². The third-order valence-corrected chi connectivity index (χ3v) is 2.12. The Morgan fingerprint density at radius 3 is 2.47 bits per heavy atom. The van der Waals surface area contributed by atoms with Crippen molar-refractivity contribution in [3.8, 4) is 11.5 Å². The predicted molar refractivity (Wildman–Crippen MR) is 67.1 cm³/mol. The smallest absolute Gasteiger partial charge is 0.340 e. The van der Waals surface area contributed by atoms with Gasteiger partial charge in [0.25, 0.3) is 0 Å². The molecule has 0 aliphatic carbocycles. The quantitative estimate of drug-likeness (QED) is 0.442. The molecular formula is C13H18O6. The lowest BCUT2D eigenvalue weighted by molar-refractivity contribution is -0.0275. The first-order valence-electron chi connectivity index (χ1n) is 5.96. The number of ether oxygens (including phenoxy) is 4. The zero-order chi connectivity index (χ0) is 14.1. The molecule has 106 valence electrons. The molecule has 1 aromatic carbocycles. The Hall–Kier alpha value is -1.79. The normalized spacial score (nSPS) is 10.2. The van der Waals surface area contributed by atoms with Crippen molar-refractivity contribution in [2.24, 2.45) is 0 Å². The first-order chi connectivity index (χ1) is 9.17. The Balaban J connectivity index is 2.64. The van der Waals surface area contributed by atoms with Crippen molar-refractivity contribution in [2.45, 2.75) is 13.8 Å². The minimum absolute atomic E-state index is 0.0490. The van der Waals surface area contributed by atoms with E-state index in [0.717, 1.165) is 0 Å². The summed E-state index contributed by atoms with van der Waals surface area (Å²) in [7, 11) is 0. The summed E-state index contributed by atoms with van der Waals surface area (Å²) in [6.07, 6.45) is 0. The molecule has 0 heterocycles. The van der Waals surface area contributed by atoms with E-state index in [1.54, 1.807) is 6.92 Å². The highest BCUT2D eigenvalue weighted by Gasteiger charge is 2.10. The third-order valence-electron chi connectivity index (χ3n) is 2.12. The Bertz CT molecular complexity index is 404. The van der Waals surface area contributed by atoms with Crippen molar-refractivity contribution in [2.75, 3.05) is 26.8 Å². The van der Waals surface area contributed by atoms with Crippen LogP contribution in [-0.2, 0) is 14.2 Å². The summed E-state index contributed by atoms with van der Waals surface area (Å²) in [6.45, 7) is 4.52. The van der Waals surface area contributed by atoms with Crippen molar-refractivity contribution >= 4 is 5.97 Å². The Kier molecular flexibility index (Phi) is 6.70. The van der Waals surface area contributed by atoms with Crippen molar-refractivity contribution in [1.29, 1.82) is 0 Å². The van der Waals surface area contributed by atoms with Crippen LogP contribution in [-0.4, -0.2) is 37.9 Å². The molecular weight excluding hydrogens is 252 g/mol. The van der Waals surface area contributed by atoms with Gasteiger partial charge in [0, 0.05) is 19.3 Å². The van der Waals surface area contributed by atoms with E-state index in [9.17, 15) is 9.90 Å². The molecule has 1 aromatic rings. The molecule has 1 rings (SSSR count). The van der Waals surface area contributed by atoms with Crippen molar-refractivity contribution in [1.82, 2.24) is 0 Å². The molecule has 0 fully saturated rings. The summed E-state index contributed by atoms with van der Waals surface area (Å²) < 4.78 is 20.0. The molecule has 0 spiro atoms. The fourth-order valence-electron chi connectivity index (χ4n) is 1.24. The Morgan fingerprint density at radius 2 is 1.79 bits per heavy atom. The van der Waals surface area contributed by atoms with Crippen LogP contribution in [0.2, 0.25) is 0 Å². The number of aromatic hydroxyl groups is 1. The van der Waals surface area contributed by atoms with E-state index in [0.29, 0.717) is 19.0 Å². The first-order valence-corrected chi connectivity index (χ1v) is 5.96. The molecule has 6 nitrogen and oxygen atoms in total. The number of esters is 1. The predicted octanol–water partition coefficient (Wildman–Crippen LogP) is 1.92. The Morgan fingerprint density at radius 1 is 1.11 bits per heavy atom. The van der Waals surface area contributed by atoms with Gasteiger partial charge >= 0.3 is 5.97 Å². The number of phenolic OH excluding ortho intramolecular Hbond substituents is 1. The molecule has 0 atom stereocenters. The van der Waals surface area contributed by atoms with Crippen LogP contribution >= 0.6 is 0 Å². The third kappa shape index (κ3) is 5.58. The summed E-state index contributed by atoms with van der Waals surface area (Å²) in [5.74, 6) is -0.347. The average Bonchev–Trinajstić information content (AvgIpc) is 2.38. The maximum absolute atomic E-state index is 11.7. The minimum atomic E-state index is -0.592. The van der Waals surface area contributed by atoms with Gasteiger partial charge in [0.15, 0.2) is 13.6 Å². The molecule has 0 aliphatic heterocycles. The molecule has 0 unspecified atom stereocenters. The number of carbonyl (C=O) groups is 1. The lowest BCUT2D eigenvalue weighted by Gasteiger charge is -2.09. The number of benzene rings is 1. The van der Waals surface area contributed by atoms with Gasteiger partial charge in [-0.2, -0.15) is 0 Å². The molecule has 0 bridgehead atoms. The minimum Gasteiger partial charge on any atom is -0.508 e. The maximum Gasteiger partial charge on any atom is 0.340 e. The van der Waals surface area contributed by atoms with E-state index in [1.165, 1.54) is 18.2 Å². The van der Waals surface area contributed by atoms with E-state index in [-0.39, 0.29) is 24.9 Å². The summed E-state index contributed by atoms with van der Waals surface area (Å²) in [5, 5.41) is 9.51. The molecule has 0 radical (unpaired) electrons. The van der Waals surface area contributed by atoms with Gasteiger partial charge in [-0.25, -0.2) is 4.79 Å². The van der Waals surface area contributed by atoms with Crippen molar-refractivity contribution in [3.05, 3.63) is 23.8 Å². The van der Waals surface area contributed by atoms with Gasteiger partial charge in [0.05, 0.1) is 5.56 Å². The molecule has 6 heteroatoms. The second kappa shape index (κ2) is 8.34. The lowest BCUT2D eigenvalue weighted by atomic mass is 10.2. The van der Waals surface area contributed by atoms with Gasteiger partial charge in [-0.3, -0.25) is 0 Å². The number of rotatable bonds is 8. The van der Waals surface area contributed by atoms with E-state index in [1.807, 2.05) is 6.92 Å². The van der Waals surface area contributed by atoms with Crippen LogP contribution in [0.25, 0.3) is 0 Å². The SMILES string of the molecule is CCOCOC(=O)c1cc(O)cc(OCOCC)c1. The summed E-state index contributed by atoms with van der Waals surface area (Å²) in [4.78, 5) is 11.7. The number of phenols is 1. The van der Waals surface area contributed by atoms with Crippen LogP contribution in [0.15, 0.2) is 18.2 Å². The average molecular weight is 270 g/mol. The van der Waals surface area contributed by atoms with Crippen LogP contribution in [0.5, 0.6) is 11.5 Å². The van der Waals surface area contributed by atoms with Crippen LogP contribution in [0.3, 0.4) is 0 Å². The summed E-state index contributed by atoms with van der Waals surface area (Å²) in [6, 6.07) is 4.15. The van der Waals surface area contributed by atoms with Crippen LogP contribution in [0.4, 0.5) is 0 Å². The summed E-state index contributed by atoms with van der Waals surface area (Å²) in [5.41, 5.74) is 0.186. The van der Waals surface area contributed by atoms with E-state index >= 15 is 0 Å². The van der Waals surface area contributed by atoms with Gasteiger partial charge in [-0.1, -0.05) is 0 Å². The zero-order valence-electron chi connectivity index (χ0n) is 11.0. The second-order valence-electron chi connectivity index (χ2n) is 3.51. The van der Waals surface area contributed by atoms with Crippen LogP contribution < -0.4 is 4.74 Å². The fraction of sp³-hybridized carbons (Fsp3) is 0.462. The Labute approximate surface area is 111 Å². The topological polar surface area (TPSA) is 74.2 Å². The van der Waals surface area contributed by atoms with E-state index in [2.05, 4.69) is 0 Å². The highest BCUT2D eigenvalue weighted by Crippen LogP contribution is 2.22. The number of carbonyl (C=O) groups excluding carboxylic acids is 1. The van der Waals surface area contributed by atoms with Gasteiger partial charge in [0.1, 0.15) is 11.5 Å². The molecule has 0 amide bonds. The highest BCUT2D eigenvalue weighted by atomic mass is 16.7.